The number of imide groups is 1. The molecule has 144 valence electrons. The highest BCUT2D eigenvalue weighted by Gasteiger charge is 2.37. The van der Waals surface area contributed by atoms with Crippen molar-refractivity contribution in [2.75, 3.05) is 26.2 Å². The van der Waals surface area contributed by atoms with Gasteiger partial charge in [0.1, 0.15) is 12.3 Å². The van der Waals surface area contributed by atoms with Gasteiger partial charge in [0.05, 0.1) is 17.7 Å². The Morgan fingerprint density at radius 1 is 0.893 bits per heavy atom. The van der Waals surface area contributed by atoms with Crippen LogP contribution in [-0.4, -0.2) is 53.8 Å². The number of carbonyl (C=O) groups excluding carboxylic acids is 3. The third-order valence-corrected chi connectivity index (χ3v) is 5.37. The topological polar surface area (TPSA) is 66.9 Å². The normalized spacial score (nSPS) is 17.0. The van der Waals surface area contributed by atoms with Gasteiger partial charge in [-0.3, -0.25) is 19.3 Å². The van der Waals surface area contributed by atoms with E-state index in [0.29, 0.717) is 36.7 Å². The van der Waals surface area contributed by atoms with Crippen molar-refractivity contribution in [3.05, 3.63) is 65.7 Å². The van der Waals surface area contributed by atoms with Gasteiger partial charge in [-0.25, -0.2) is 0 Å². The smallest absolute Gasteiger partial charge is 0.262 e. The fraction of sp³-hybridized carbons (Fsp3) is 0.318. The van der Waals surface area contributed by atoms with Crippen molar-refractivity contribution in [2.45, 2.75) is 12.8 Å². The van der Waals surface area contributed by atoms with E-state index >= 15 is 0 Å². The first-order valence-corrected chi connectivity index (χ1v) is 9.54. The zero-order valence-corrected chi connectivity index (χ0v) is 15.5. The van der Waals surface area contributed by atoms with E-state index in [1.807, 2.05) is 30.3 Å². The summed E-state index contributed by atoms with van der Waals surface area (Å²) >= 11 is 0. The van der Waals surface area contributed by atoms with Crippen molar-refractivity contribution in [3.8, 4) is 5.75 Å². The SMILES string of the molecule is O=C(CN1C(=O)c2ccccc2C1=O)N1CCC(COc2ccccc2)CC1. The van der Waals surface area contributed by atoms with E-state index < -0.39 is 0 Å². The number of rotatable bonds is 5. The van der Waals surface area contributed by atoms with Crippen LogP contribution in [0.1, 0.15) is 33.6 Å². The van der Waals surface area contributed by atoms with Crippen LogP contribution in [-0.2, 0) is 4.79 Å². The second kappa shape index (κ2) is 7.84. The van der Waals surface area contributed by atoms with E-state index in [1.54, 1.807) is 29.2 Å². The molecule has 3 amide bonds. The standard InChI is InChI=1S/C22H22N2O4/c25-20(14-24-21(26)18-8-4-5-9-19(18)22(24)27)23-12-10-16(11-13-23)15-28-17-6-2-1-3-7-17/h1-9,16H,10-15H2. The zero-order valence-electron chi connectivity index (χ0n) is 15.5. The van der Waals surface area contributed by atoms with Crippen molar-refractivity contribution in [1.82, 2.24) is 9.80 Å². The fourth-order valence-corrected chi connectivity index (χ4v) is 3.70. The molecule has 0 saturated carbocycles. The van der Waals surface area contributed by atoms with E-state index in [-0.39, 0.29) is 24.3 Å². The lowest BCUT2D eigenvalue weighted by atomic mass is 9.98. The quantitative estimate of drug-likeness (QED) is 0.750. The molecule has 0 atom stereocenters. The van der Waals surface area contributed by atoms with Crippen LogP contribution in [0.15, 0.2) is 54.6 Å². The molecule has 0 radical (unpaired) electrons. The number of hydrogen-bond donors (Lipinski definition) is 0. The molecule has 1 fully saturated rings. The summed E-state index contributed by atoms with van der Waals surface area (Å²) in [5, 5.41) is 0. The molecule has 6 heteroatoms. The molecule has 1 saturated heterocycles. The van der Waals surface area contributed by atoms with Crippen molar-refractivity contribution in [1.29, 1.82) is 0 Å². The Hall–Kier alpha value is -3.15. The zero-order chi connectivity index (χ0) is 19.5. The number of para-hydroxylation sites is 1. The van der Waals surface area contributed by atoms with Crippen molar-refractivity contribution in [2.24, 2.45) is 5.92 Å². The largest absolute Gasteiger partial charge is 0.493 e. The summed E-state index contributed by atoms with van der Waals surface area (Å²) in [6, 6.07) is 16.4. The molecule has 0 bridgehead atoms. The monoisotopic (exact) mass is 378 g/mol. The van der Waals surface area contributed by atoms with Crippen molar-refractivity contribution >= 4 is 17.7 Å². The average molecular weight is 378 g/mol. The maximum absolute atomic E-state index is 12.6. The third kappa shape index (κ3) is 3.63. The molecule has 0 aliphatic carbocycles. The minimum absolute atomic E-state index is 0.183. The average Bonchev–Trinajstić information content (AvgIpc) is 2.98. The summed E-state index contributed by atoms with van der Waals surface area (Å²) in [5.41, 5.74) is 0.745. The molecule has 28 heavy (non-hydrogen) atoms. The highest BCUT2D eigenvalue weighted by molar-refractivity contribution is 6.22. The van der Waals surface area contributed by atoms with Crippen molar-refractivity contribution < 1.29 is 19.1 Å². The Morgan fingerprint density at radius 3 is 2.07 bits per heavy atom. The van der Waals surface area contributed by atoms with Crippen LogP contribution in [0.5, 0.6) is 5.75 Å². The highest BCUT2D eigenvalue weighted by atomic mass is 16.5. The minimum Gasteiger partial charge on any atom is -0.493 e. The Labute approximate surface area is 163 Å². The summed E-state index contributed by atoms with van der Waals surface area (Å²) in [4.78, 5) is 40.3. The summed E-state index contributed by atoms with van der Waals surface area (Å²) in [6.45, 7) is 1.66. The van der Waals surface area contributed by atoms with E-state index in [4.69, 9.17) is 4.74 Å². The molecule has 2 aliphatic rings. The van der Waals surface area contributed by atoms with Crippen LogP contribution in [0.4, 0.5) is 0 Å². The number of likely N-dealkylation sites (tertiary alicyclic amines) is 1. The van der Waals surface area contributed by atoms with Gasteiger partial charge in [-0.05, 0) is 43.0 Å². The number of carbonyl (C=O) groups is 3. The molecular weight excluding hydrogens is 356 g/mol. The van der Waals surface area contributed by atoms with E-state index in [2.05, 4.69) is 0 Å². The molecule has 2 heterocycles. The Kier molecular flexibility index (Phi) is 5.10. The van der Waals surface area contributed by atoms with E-state index in [9.17, 15) is 14.4 Å². The lowest BCUT2D eigenvalue weighted by Crippen LogP contribution is -2.46. The summed E-state index contributed by atoms with van der Waals surface area (Å²) in [7, 11) is 0. The fourth-order valence-electron chi connectivity index (χ4n) is 3.70. The minimum atomic E-state index is -0.389. The second-order valence-corrected chi connectivity index (χ2v) is 7.19. The molecule has 2 aliphatic heterocycles. The first-order valence-electron chi connectivity index (χ1n) is 9.54. The van der Waals surface area contributed by atoms with Crippen molar-refractivity contribution in [3.63, 3.8) is 0 Å². The number of piperidine rings is 1. The van der Waals surface area contributed by atoms with Crippen LogP contribution >= 0.6 is 0 Å². The van der Waals surface area contributed by atoms with Gasteiger partial charge in [0.15, 0.2) is 0 Å². The van der Waals surface area contributed by atoms with Gasteiger partial charge in [-0.2, -0.15) is 0 Å². The highest BCUT2D eigenvalue weighted by Crippen LogP contribution is 2.23. The predicted molar refractivity (Wildman–Crippen MR) is 103 cm³/mol. The van der Waals surface area contributed by atoms with Gasteiger partial charge in [-0.15, -0.1) is 0 Å². The van der Waals surface area contributed by atoms with Crippen LogP contribution in [0.2, 0.25) is 0 Å². The van der Waals surface area contributed by atoms with Gasteiger partial charge in [0, 0.05) is 13.1 Å². The molecule has 2 aromatic rings. The van der Waals surface area contributed by atoms with Gasteiger partial charge < -0.3 is 9.64 Å². The van der Waals surface area contributed by atoms with Gasteiger partial charge in [0.25, 0.3) is 11.8 Å². The third-order valence-electron chi connectivity index (χ3n) is 5.37. The lowest BCUT2D eigenvalue weighted by Gasteiger charge is -2.32. The maximum atomic E-state index is 12.6. The van der Waals surface area contributed by atoms with Gasteiger partial charge >= 0.3 is 0 Å². The Bertz CT molecular complexity index is 853. The number of fused-ring (bicyclic) bond motifs is 1. The molecule has 6 nitrogen and oxygen atoms in total. The van der Waals surface area contributed by atoms with Gasteiger partial charge in [-0.1, -0.05) is 30.3 Å². The second-order valence-electron chi connectivity index (χ2n) is 7.19. The maximum Gasteiger partial charge on any atom is 0.262 e. The number of hydrogen-bond acceptors (Lipinski definition) is 4. The molecule has 4 rings (SSSR count). The van der Waals surface area contributed by atoms with E-state index in [1.165, 1.54) is 0 Å². The van der Waals surface area contributed by atoms with Crippen LogP contribution < -0.4 is 4.74 Å². The van der Waals surface area contributed by atoms with Crippen LogP contribution in [0, 0.1) is 5.92 Å². The predicted octanol–water partition coefficient (Wildman–Crippen LogP) is 2.60. The number of amides is 3. The summed E-state index contributed by atoms with van der Waals surface area (Å²) in [5.74, 6) is 0.285. The molecule has 0 spiro atoms. The van der Waals surface area contributed by atoms with Gasteiger partial charge in [0.2, 0.25) is 5.91 Å². The molecule has 0 unspecified atom stereocenters. The number of ether oxygens (including phenoxy) is 1. The molecular formula is C22H22N2O4. The van der Waals surface area contributed by atoms with Crippen LogP contribution in [0.3, 0.4) is 0 Å². The molecule has 2 aromatic carbocycles. The number of benzene rings is 2. The first kappa shape index (κ1) is 18.2. The number of nitrogens with zero attached hydrogens (tertiary/aromatic N) is 2. The molecule has 0 aromatic heterocycles. The first-order chi connectivity index (χ1) is 13.6. The lowest BCUT2D eigenvalue weighted by molar-refractivity contribution is -0.133. The summed E-state index contributed by atoms with van der Waals surface area (Å²) < 4.78 is 5.81. The summed E-state index contributed by atoms with van der Waals surface area (Å²) in [6.07, 6.45) is 1.70. The Morgan fingerprint density at radius 2 is 1.46 bits per heavy atom. The molecule has 0 N–H and O–H groups in total. The van der Waals surface area contributed by atoms with Crippen LogP contribution in [0.25, 0.3) is 0 Å². The van der Waals surface area contributed by atoms with E-state index in [0.717, 1.165) is 23.5 Å². The Balaban J connectivity index is 1.28.